The molecule has 3 N–H and O–H groups in total. The van der Waals surface area contributed by atoms with Crippen molar-refractivity contribution in [3.05, 3.63) is 0 Å². The van der Waals surface area contributed by atoms with Crippen LogP contribution in [0.15, 0.2) is 0 Å². The summed E-state index contributed by atoms with van der Waals surface area (Å²) in [6.07, 6.45) is 1.08. The van der Waals surface area contributed by atoms with Crippen molar-refractivity contribution < 1.29 is 9.84 Å². The van der Waals surface area contributed by atoms with Gasteiger partial charge in [-0.1, -0.05) is 0 Å². The topological polar surface area (TPSA) is 58.7 Å². The van der Waals surface area contributed by atoms with Crippen molar-refractivity contribution in [1.82, 2.24) is 4.90 Å². The van der Waals surface area contributed by atoms with E-state index in [1.807, 2.05) is 6.92 Å². The minimum atomic E-state index is 0.148. The molecule has 0 rings (SSSR count). The van der Waals surface area contributed by atoms with Crippen LogP contribution in [0.5, 0.6) is 0 Å². The second kappa shape index (κ2) is 9.09. The van der Waals surface area contributed by atoms with Crippen molar-refractivity contribution in [1.29, 1.82) is 0 Å². The monoisotopic (exact) mass is 218 g/mol. The molecule has 15 heavy (non-hydrogen) atoms. The van der Waals surface area contributed by atoms with Gasteiger partial charge in [0.25, 0.3) is 0 Å². The summed E-state index contributed by atoms with van der Waals surface area (Å²) in [4.78, 5) is 2.24. The van der Waals surface area contributed by atoms with Crippen LogP contribution in [0.2, 0.25) is 0 Å². The van der Waals surface area contributed by atoms with Crippen molar-refractivity contribution in [3.8, 4) is 0 Å². The zero-order chi connectivity index (χ0) is 11.7. The Labute approximate surface area is 93.4 Å². The first kappa shape index (κ1) is 14.8. The van der Waals surface area contributed by atoms with Gasteiger partial charge in [0.15, 0.2) is 0 Å². The van der Waals surface area contributed by atoms with Gasteiger partial charge < -0.3 is 15.6 Å². The third-order valence-corrected chi connectivity index (χ3v) is 2.52. The predicted molar refractivity (Wildman–Crippen MR) is 62.9 cm³/mol. The highest BCUT2D eigenvalue weighted by atomic mass is 16.5. The lowest BCUT2D eigenvalue weighted by atomic mass is 10.2. The molecule has 0 aromatic heterocycles. The number of aliphatic hydroxyl groups is 1. The normalized spacial score (nSPS) is 13.8. The van der Waals surface area contributed by atoms with E-state index < -0.39 is 0 Å². The fourth-order valence-corrected chi connectivity index (χ4v) is 1.57. The number of aliphatic hydroxyl groups excluding tert-OH is 1. The Morgan fingerprint density at radius 1 is 1.33 bits per heavy atom. The van der Waals surface area contributed by atoms with Crippen LogP contribution in [0.4, 0.5) is 0 Å². The average molecular weight is 218 g/mol. The molecule has 0 bridgehead atoms. The van der Waals surface area contributed by atoms with Gasteiger partial charge in [-0.25, -0.2) is 0 Å². The van der Waals surface area contributed by atoms with E-state index in [-0.39, 0.29) is 12.7 Å². The van der Waals surface area contributed by atoms with Crippen molar-refractivity contribution in [2.75, 3.05) is 32.8 Å². The molecule has 92 valence electrons. The zero-order valence-corrected chi connectivity index (χ0v) is 10.3. The lowest BCUT2D eigenvalue weighted by molar-refractivity contribution is 0.0489. The molecule has 1 atom stereocenters. The molecule has 0 aromatic carbocycles. The van der Waals surface area contributed by atoms with Gasteiger partial charge in [-0.05, 0) is 27.2 Å². The van der Waals surface area contributed by atoms with Gasteiger partial charge >= 0.3 is 0 Å². The SMILES string of the molecule is CCOC(CN)CCN(CCO)C(C)C. The van der Waals surface area contributed by atoms with Crippen LogP contribution >= 0.6 is 0 Å². The maximum atomic E-state index is 8.91. The van der Waals surface area contributed by atoms with E-state index in [0.29, 0.717) is 19.2 Å². The molecular weight excluding hydrogens is 192 g/mol. The number of hydrogen-bond donors (Lipinski definition) is 2. The lowest BCUT2D eigenvalue weighted by Gasteiger charge is -2.27. The van der Waals surface area contributed by atoms with Crippen LogP contribution < -0.4 is 5.73 Å². The second-order valence-electron chi connectivity index (χ2n) is 3.96. The third kappa shape index (κ3) is 6.84. The van der Waals surface area contributed by atoms with E-state index in [9.17, 15) is 0 Å². The van der Waals surface area contributed by atoms with Gasteiger partial charge in [-0.3, -0.25) is 4.90 Å². The van der Waals surface area contributed by atoms with Crippen molar-refractivity contribution in [2.24, 2.45) is 5.73 Å². The molecular formula is C11H26N2O2. The minimum absolute atomic E-state index is 0.148. The second-order valence-corrected chi connectivity index (χ2v) is 3.96. The number of hydrogen-bond acceptors (Lipinski definition) is 4. The minimum Gasteiger partial charge on any atom is -0.395 e. The van der Waals surface area contributed by atoms with E-state index in [1.54, 1.807) is 0 Å². The zero-order valence-electron chi connectivity index (χ0n) is 10.3. The predicted octanol–water partition coefficient (Wildman–Crippen LogP) is 0.443. The largest absolute Gasteiger partial charge is 0.395 e. The molecule has 1 unspecified atom stereocenters. The Morgan fingerprint density at radius 2 is 2.00 bits per heavy atom. The number of nitrogens with zero attached hydrogens (tertiary/aromatic N) is 1. The Balaban J connectivity index is 3.84. The van der Waals surface area contributed by atoms with Gasteiger partial charge in [0.2, 0.25) is 0 Å². The summed E-state index contributed by atoms with van der Waals surface area (Å²) in [7, 11) is 0. The molecule has 0 spiro atoms. The summed E-state index contributed by atoms with van der Waals surface area (Å²) >= 11 is 0. The van der Waals surface area contributed by atoms with Crippen molar-refractivity contribution in [2.45, 2.75) is 39.3 Å². The summed E-state index contributed by atoms with van der Waals surface area (Å²) in [5.41, 5.74) is 5.60. The molecule has 0 aliphatic rings. The Morgan fingerprint density at radius 3 is 2.40 bits per heavy atom. The van der Waals surface area contributed by atoms with Crippen LogP contribution in [-0.2, 0) is 4.74 Å². The van der Waals surface area contributed by atoms with Gasteiger partial charge in [0.1, 0.15) is 0 Å². The van der Waals surface area contributed by atoms with Gasteiger partial charge in [0, 0.05) is 32.3 Å². The fourth-order valence-electron chi connectivity index (χ4n) is 1.57. The average Bonchev–Trinajstić information content (AvgIpc) is 2.21. The molecule has 0 aliphatic heterocycles. The quantitative estimate of drug-likeness (QED) is 0.590. The van der Waals surface area contributed by atoms with Crippen LogP contribution in [-0.4, -0.2) is 55.0 Å². The van der Waals surface area contributed by atoms with E-state index >= 15 is 0 Å². The number of rotatable bonds is 9. The van der Waals surface area contributed by atoms with Crippen molar-refractivity contribution in [3.63, 3.8) is 0 Å². The molecule has 0 aromatic rings. The third-order valence-electron chi connectivity index (χ3n) is 2.52. The molecule has 4 heteroatoms. The molecule has 4 nitrogen and oxygen atoms in total. The van der Waals surface area contributed by atoms with E-state index in [2.05, 4.69) is 18.7 Å². The Bertz CT molecular complexity index is 143. The Hall–Kier alpha value is -0.160. The first-order valence-corrected chi connectivity index (χ1v) is 5.82. The van der Waals surface area contributed by atoms with E-state index in [4.69, 9.17) is 15.6 Å². The van der Waals surface area contributed by atoms with E-state index in [1.165, 1.54) is 0 Å². The van der Waals surface area contributed by atoms with Crippen LogP contribution in [0.25, 0.3) is 0 Å². The molecule has 0 fully saturated rings. The molecule has 0 radical (unpaired) electrons. The molecule has 0 saturated heterocycles. The van der Waals surface area contributed by atoms with E-state index in [0.717, 1.165) is 19.5 Å². The molecule has 0 amide bonds. The smallest absolute Gasteiger partial charge is 0.0709 e. The maximum absolute atomic E-state index is 8.91. The molecule has 0 aliphatic carbocycles. The van der Waals surface area contributed by atoms with Crippen LogP contribution in [0.3, 0.4) is 0 Å². The summed E-state index contributed by atoms with van der Waals surface area (Å²) in [6, 6.07) is 0.456. The van der Waals surface area contributed by atoms with Gasteiger partial charge in [-0.15, -0.1) is 0 Å². The standard InChI is InChI=1S/C11H26N2O2/c1-4-15-11(9-12)5-6-13(7-8-14)10(2)3/h10-11,14H,4-9,12H2,1-3H3. The summed E-state index contributed by atoms with van der Waals surface area (Å²) < 4.78 is 5.49. The highest BCUT2D eigenvalue weighted by molar-refractivity contribution is 4.67. The van der Waals surface area contributed by atoms with Crippen LogP contribution in [0.1, 0.15) is 27.2 Å². The first-order chi connectivity index (χ1) is 7.15. The van der Waals surface area contributed by atoms with Gasteiger partial charge in [0.05, 0.1) is 12.7 Å². The summed E-state index contributed by atoms with van der Waals surface area (Å²) in [5.74, 6) is 0. The first-order valence-electron chi connectivity index (χ1n) is 5.82. The number of nitrogens with two attached hydrogens (primary N) is 1. The fraction of sp³-hybridized carbons (Fsp3) is 1.00. The lowest BCUT2D eigenvalue weighted by Crippen LogP contribution is -2.37. The molecule has 0 saturated carbocycles. The summed E-state index contributed by atoms with van der Waals surface area (Å²) in [6.45, 7) is 9.39. The maximum Gasteiger partial charge on any atom is 0.0709 e. The van der Waals surface area contributed by atoms with Crippen LogP contribution in [0, 0.1) is 0 Å². The number of ether oxygens (including phenoxy) is 1. The molecule has 0 heterocycles. The highest BCUT2D eigenvalue weighted by Crippen LogP contribution is 2.03. The Kier molecular flexibility index (Phi) is 9.00. The highest BCUT2D eigenvalue weighted by Gasteiger charge is 2.12. The van der Waals surface area contributed by atoms with Gasteiger partial charge in [-0.2, -0.15) is 0 Å². The summed E-state index contributed by atoms with van der Waals surface area (Å²) in [5, 5.41) is 8.91. The van der Waals surface area contributed by atoms with Crippen molar-refractivity contribution >= 4 is 0 Å².